The van der Waals surface area contributed by atoms with E-state index in [1.807, 2.05) is 23.9 Å². The van der Waals surface area contributed by atoms with Crippen molar-refractivity contribution in [3.8, 4) is 0 Å². The van der Waals surface area contributed by atoms with E-state index in [9.17, 15) is 0 Å². The summed E-state index contributed by atoms with van der Waals surface area (Å²) >= 11 is 0. The molecule has 0 bridgehead atoms. The predicted molar refractivity (Wildman–Crippen MR) is 99.3 cm³/mol. The topological polar surface area (TPSA) is 63.5 Å². The monoisotopic (exact) mass is 341 g/mol. The summed E-state index contributed by atoms with van der Waals surface area (Å²) in [7, 11) is 3.74. The van der Waals surface area contributed by atoms with Crippen LogP contribution in [0.4, 0.5) is 0 Å². The quantitative estimate of drug-likeness (QED) is 0.647. The molecule has 2 N–H and O–H groups in total. The fourth-order valence-corrected chi connectivity index (χ4v) is 3.26. The number of nitrogens with zero attached hydrogens (tertiary/aromatic N) is 3. The van der Waals surface area contributed by atoms with E-state index in [0.717, 1.165) is 37.6 Å². The molecule has 6 heteroatoms. The number of guanidine groups is 1. The first kappa shape index (κ1) is 17.5. The van der Waals surface area contributed by atoms with Crippen molar-refractivity contribution in [2.75, 3.05) is 20.2 Å². The number of hydrogen-bond acceptors (Lipinski definition) is 3. The van der Waals surface area contributed by atoms with Gasteiger partial charge in [0.1, 0.15) is 0 Å². The number of ether oxygens (including phenoxy) is 1. The van der Waals surface area contributed by atoms with E-state index in [4.69, 9.17) is 4.74 Å². The van der Waals surface area contributed by atoms with Crippen LogP contribution in [0, 0.1) is 5.92 Å². The second kappa shape index (κ2) is 8.67. The maximum Gasteiger partial charge on any atom is 0.191 e. The van der Waals surface area contributed by atoms with Gasteiger partial charge in [-0.15, -0.1) is 0 Å². The van der Waals surface area contributed by atoms with Gasteiger partial charge < -0.3 is 15.4 Å². The number of hydrogen-bond donors (Lipinski definition) is 2. The van der Waals surface area contributed by atoms with Gasteiger partial charge in [0, 0.05) is 39.4 Å². The normalized spacial score (nSPS) is 21.1. The van der Waals surface area contributed by atoms with Crippen molar-refractivity contribution in [2.45, 2.75) is 25.5 Å². The molecule has 3 rings (SSSR count). The number of aryl methyl sites for hydroxylation is 1. The lowest BCUT2D eigenvalue weighted by Gasteiger charge is -2.32. The van der Waals surface area contributed by atoms with E-state index in [2.05, 4.69) is 45.0 Å². The molecule has 1 aliphatic rings. The molecule has 134 valence electrons. The molecule has 1 aliphatic heterocycles. The van der Waals surface area contributed by atoms with E-state index in [-0.39, 0.29) is 6.10 Å². The van der Waals surface area contributed by atoms with Gasteiger partial charge in [-0.2, -0.15) is 5.10 Å². The van der Waals surface area contributed by atoms with E-state index in [1.165, 1.54) is 5.56 Å². The molecule has 0 saturated carbocycles. The standard InChI is InChI=1S/C19H27N5O/c1-20-19(22-14-17-10-11-23-24(17)2)21-13-16-9-6-12-25-18(16)15-7-4-3-5-8-15/h3-5,7-8,10-11,16,18H,6,9,12-14H2,1-2H3,(H2,20,21,22). The van der Waals surface area contributed by atoms with Crippen molar-refractivity contribution in [1.82, 2.24) is 20.4 Å². The Kier molecular flexibility index (Phi) is 6.06. The minimum atomic E-state index is 0.151. The van der Waals surface area contributed by atoms with Crippen LogP contribution in [-0.4, -0.2) is 35.9 Å². The minimum absolute atomic E-state index is 0.151. The Morgan fingerprint density at radius 2 is 2.12 bits per heavy atom. The van der Waals surface area contributed by atoms with Gasteiger partial charge in [0.05, 0.1) is 18.3 Å². The largest absolute Gasteiger partial charge is 0.373 e. The molecule has 2 atom stereocenters. The first-order valence-corrected chi connectivity index (χ1v) is 8.86. The minimum Gasteiger partial charge on any atom is -0.373 e. The lowest BCUT2D eigenvalue weighted by Crippen LogP contribution is -2.41. The zero-order valence-electron chi connectivity index (χ0n) is 15.0. The number of aromatic nitrogens is 2. The third-order valence-electron chi connectivity index (χ3n) is 4.69. The summed E-state index contributed by atoms with van der Waals surface area (Å²) < 4.78 is 7.93. The maximum absolute atomic E-state index is 6.07. The molecule has 2 unspecified atom stereocenters. The molecular weight excluding hydrogens is 314 g/mol. The third kappa shape index (κ3) is 4.60. The fraction of sp³-hybridized carbons (Fsp3) is 0.474. The first-order valence-electron chi connectivity index (χ1n) is 8.86. The van der Waals surface area contributed by atoms with Gasteiger partial charge >= 0.3 is 0 Å². The van der Waals surface area contributed by atoms with Gasteiger partial charge in [-0.25, -0.2) is 0 Å². The van der Waals surface area contributed by atoms with Gasteiger partial charge in [-0.1, -0.05) is 30.3 Å². The van der Waals surface area contributed by atoms with E-state index in [1.54, 1.807) is 13.2 Å². The second-order valence-corrected chi connectivity index (χ2v) is 6.36. The van der Waals surface area contributed by atoms with E-state index < -0.39 is 0 Å². The van der Waals surface area contributed by atoms with Gasteiger partial charge in [0.2, 0.25) is 0 Å². The van der Waals surface area contributed by atoms with Crippen LogP contribution in [0.5, 0.6) is 0 Å². The van der Waals surface area contributed by atoms with E-state index >= 15 is 0 Å². The molecule has 1 fully saturated rings. The highest BCUT2D eigenvalue weighted by molar-refractivity contribution is 5.79. The van der Waals surface area contributed by atoms with Crippen molar-refractivity contribution in [2.24, 2.45) is 18.0 Å². The number of nitrogens with one attached hydrogen (secondary N) is 2. The Morgan fingerprint density at radius 1 is 1.28 bits per heavy atom. The zero-order chi connectivity index (χ0) is 17.5. The van der Waals surface area contributed by atoms with E-state index in [0.29, 0.717) is 12.5 Å². The molecular formula is C19H27N5O. The summed E-state index contributed by atoms with van der Waals surface area (Å²) in [5.74, 6) is 1.24. The van der Waals surface area contributed by atoms with Crippen LogP contribution in [0.15, 0.2) is 47.6 Å². The molecule has 0 aliphatic carbocycles. The van der Waals surface area contributed by atoms with Crippen LogP contribution in [0.1, 0.15) is 30.2 Å². The van der Waals surface area contributed by atoms with Crippen LogP contribution in [0.25, 0.3) is 0 Å². The second-order valence-electron chi connectivity index (χ2n) is 6.36. The summed E-state index contributed by atoms with van der Waals surface area (Å²) in [6.07, 6.45) is 4.22. The van der Waals surface area contributed by atoms with Crippen LogP contribution in [-0.2, 0) is 18.3 Å². The van der Waals surface area contributed by atoms with Crippen LogP contribution < -0.4 is 10.6 Å². The molecule has 1 aromatic heterocycles. The Balaban J connectivity index is 1.55. The molecule has 2 heterocycles. The van der Waals surface area contributed by atoms with Crippen molar-refractivity contribution in [3.63, 3.8) is 0 Å². The number of rotatable bonds is 5. The lowest BCUT2D eigenvalue weighted by molar-refractivity contribution is -0.0265. The molecule has 0 radical (unpaired) electrons. The molecule has 0 amide bonds. The molecule has 6 nitrogen and oxygen atoms in total. The number of aliphatic imine (C=N–C) groups is 1. The van der Waals surface area contributed by atoms with Gasteiger partial charge in [0.15, 0.2) is 5.96 Å². The first-order chi connectivity index (χ1) is 12.3. The average Bonchev–Trinajstić information content (AvgIpc) is 3.08. The fourth-order valence-electron chi connectivity index (χ4n) is 3.26. The predicted octanol–water partition coefficient (Wildman–Crippen LogP) is 2.25. The zero-order valence-corrected chi connectivity index (χ0v) is 15.0. The lowest BCUT2D eigenvalue weighted by atomic mass is 9.89. The highest BCUT2D eigenvalue weighted by atomic mass is 16.5. The summed E-state index contributed by atoms with van der Waals surface area (Å²) in [5, 5.41) is 11.0. The van der Waals surface area contributed by atoms with Crippen molar-refractivity contribution in [1.29, 1.82) is 0 Å². The van der Waals surface area contributed by atoms with Gasteiger partial charge in [-0.05, 0) is 24.5 Å². The maximum atomic E-state index is 6.07. The summed E-state index contributed by atoms with van der Waals surface area (Å²) in [4.78, 5) is 4.32. The molecule has 2 aromatic rings. The van der Waals surface area contributed by atoms with Crippen LogP contribution >= 0.6 is 0 Å². The Hall–Kier alpha value is -2.34. The third-order valence-corrected chi connectivity index (χ3v) is 4.69. The molecule has 0 spiro atoms. The molecule has 25 heavy (non-hydrogen) atoms. The number of benzene rings is 1. The molecule has 1 aromatic carbocycles. The Bertz CT molecular complexity index is 682. The summed E-state index contributed by atoms with van der Waals surface area (Å²) in [6.45, 7) is 2.37. The molecule has 1 saturated heterocycles. The average molecular weight is 341 g/mol. The van der Waals surface area contributed by atoms with Crippen LogP contribution in [0.2, 0.25) is 0 Å². The van der Waals surface area contributed by atoms with Crippen molar-refractivity contribution < 1.29 is 4.74 Å². The smallest absolute Gasteiger partial charge is 0.191 e. The summed E-state index contributed by atoms with van der Waals surface area (Å²) in [6, 6.07) is 12.5. The van der Waals surface area contributed by atoms with Gasteiger partial charge in [0.25, 0.3) is 0 Å². The summed E-state index contributed by atoms with van der Waals surface area (Å²) in [5.41, 5.74) is 2.37. The van der Waals surface area contributed by atoms with Gasteiger partial charge in [-0.3, -0.25) is 9.67 Å². The highest BCUT2D eigenvalue weighted by Gasteiger charge is 2.27. The van der Waals surface area contributed by atoms with Crippen LogP contribution in [0.3, 0.4) is 0 Å². The highest BCUT2D eigenvalue weighted by Crippen LogP contribution is 2.32. The Morgan fingerprint density at radius 3 is 2.84 bits per heavy atom. The SMILES string of the molecule is CN=C(NCc1ccnn1C)NCC1CCCOC1c1ccccc1. The van der Waals surface area contributed by atoms with Crippen molar-refractivity contribution >= 4 is 5.96 Å². The van der Waals surface area contributed by atoms with Crippen molar-refractivity contribution in [3.05, 3.63) is 53.9 Å². The Labute approximate surface area is 149 Å².